The second-order valence-corrected chi connectivity index (χ2v) is 3.14. The molecular formula is C10H8N2. The lowest BCUT2D eigenvalue weighted by Gasteiger charge is -2.00. The molecule has 58 valence electrons. The molecule has 0 bridgehead atoms. The molecule has 12 heavy (non-hydrogen) atoms. The van der Waals surface area contributed by atoms with Crippen molar-refractivity contribution in [2.24, 2.45) is 9.98 Å². The van der Waals surface area contributed by atoms with Gasteiger partial charge in [-0.05, 0) is 17.2 Å². The molecule has 0 saturated heterocycles. The summed E-state index contributed by atoms with van der Waals surface area (Å²) in [7, 11) is 0. The number of hydrogen-bond donors (Lipinski definition) is 0. The van der Waals surface area contributed by atoms with Crippen LogP contribution >= 0.6 is 0 Å². The summed E-state index contributed by atoms with van der Waals surface area (Å²) in [6, 6.07) is 4.31. The maximum Gasteiger partial charge on any atom is 0.0683 e. The van der Waals surface area contributed by atoms with Crippen LogP contribution in [0.1, 0.15) is 11.1 Å². The minimum absolute atomic E-state index is 0.989. The fourth-order valence-corrected chi connectivity index (χ4v) is 1.73. The number of aliphatic imine (C=N–C) groups is 2. The van der Waals surface area contributed by atoms with Crippen LogP contribution in [0.15, 0.2) is 22.1 Å². The molecule has 2 heterocycles. The summed E-state index contributed by atoms with van der Waals surface area (Å²) in [5, 5.41) is 0. The molecule has 0 saturated carbocycles. The van der Waals surface area contributed by atoms with Crippen LogP contribution in [-0.4, -0.2) is 12.4 Å². The lowest BCUT2D eigenvalue weighted by Crippen LogP contribution is -1.83. The first-order valence-electron chi connectivity index (χ1n) is 4.14. The lowest BCUT2D eigenvalue weighted by atomic mass is 10.1. The third kappa shape index (κ3) is 0.694. The molecule has 1 aromatic carbocycles. The summed E-state index contributed by atoms with van der Waals surface area (Å²) in [4.78, 5) is 8.56. The fourth-order valence-electron chi connectivity index (χ4n) is 1.73. The van der Waals surface area contributed by atoms with Gasteiger partial charge >= 0.3 is 0 Å². The minimum atomic E-state index is 0.989. The molecule has 0 aliphatic carbocycles. The fraction of sp³-hybridized carbons (Fsp3) is 0.200. The van der Waals surface area contributed by atoms with Gasteiger partial charge in [0.05, 0.1) is 11.4 Å². The van der Waals surface area contributed by atoms with E-state index in [-0.39, 0.29) is 0 Å². The zero-order valence-corrected chi connectivity index (χ0v) is 6.62. The molecular weight excluding hydrogens is 148 g/mol. The second-order valence-electron chi connectivity index (χ2n) is 3.14. The number of nitrogens with zero attached hydrogens (tertiary/aromatic N) is 2. The molecule has 0 unspecified atom stereocenters. The quantitative estimate of drug-likeness (QED) is 0.550. The Kier molecular flexibility index (Phi) is 1.04. The first-order chi connectivity index (χ1) is 5.93. The van der Waals surface area contributed by atoms with Crippen molar-refractivity contribution in [3.05, 3.63) is 23.3 Å². The summed E-state index contributed by atoms with van der Waals surface area (Å²) in [5.41, 5.74) is 4.90. The summed E-state index contributed by atoms with van der Waals surface area (Å²) in [6.07, 6.45) is 5.90. The summed E-state index contributed by atoms with van der Waals surface area (Å²) < 4.78 is 0. The van der Waals surface area contributed by atoms with Gasteiger partial charge in [-0.15, -0.1) is 0 Å². The third-order valence-electron chi connectivity index (χ3n) is 2.36. The van der Waals surface area contributed by atoms with Crippen molar-refractivity contribution < 1.29 is 0 Å². The first-order valence-corrected chi connectivity index (χ1v) is 4.14. The SMILES string of the molecule is C1=Nc2cc3c(cc2C1)CC=N3. The van der Waals surface area contributed by atoms with Crippen LogP contribution in [0.25, 0.3) is 0 Å². The topological polar surface area (TPSA) is 24.7 Å². The van der Waals surface area contributed by atoms with Crippen LogP contribution in [0.4, 0.5) is 11.4 Å². The molecule has 0 atom stereocenters. The monoisotopic (exact) mass is 156 g/mol. The average molecular weight is 156 g/mol. The van der Waals surface area contributed by atoms with Gasteiger partial charge in [0, 0.05) is 25.3 Å². The van der Waals surface area contributed by atoms with Crippen LogP contribution < -0.4 is 0 Å². The van der Waals surface area contributed by atoms with Gasteiger partial charge in [-0.2, -0.15) is 0 Å². The Hall–Kier alpha value is -1.44. The molecule has 0 aromatic heterocycles. The van der Waals surface area contributed by atoms with Crippen LogP contribution in [-0.2, 0) is 12.8 Å². The van der Waals surface area contributed by atoms with Crippen LogP contribution in [0.5, 0.6) is 0 Å². The summed E-state index contributed by atoms with van der Waals surface area (Å²) >= 11 is 0. The van der Waals surface area contributed by atoms with Gasteiger partial charge < -0.3 is 0 Å². The molecule has 2 aliphatic rings. The molecule has 3 rings (SSSR count). The Morgan fingerprint density at radius 3 is 2.00 bits per heavy atom. The Labute approximate surface area is 70.7 Å². The highest BCUT2D eigenvalue weighted by Crippen LogP contribution is 2.34. The standard InChI is InChI=1S/C10H8N2/c1-3-11-9-6-10-8(2-4-12-10)5-7(1)9/h3-6H,1-2H2. The number of fused-ring (bicyclic) bond motifs is 2. The van der Waals surface area contributed by atoms with E-state index in [2.05, 4.69) is 22.1 Å². The Balaban J connectivity index is 2.27. The van der Waals surface area contributed by atoms with E-state index in [0.29, 0.717) is 0 Å². The van der Waals surface area contributed by atoms with Crippen LogP contribution in [0, 0.1) is 0 Å². The molecule has 2 heteroatoms. The molecule has 2 nitrogen and oxygen atoms in total. The van der Waals surface area contributed by atoms with Gasteiger partial charge in [0.15, 0.2) is 0 Å². The predicted octanol–water partition coefficient (Wildman–Crippen LogP) is 2.20. The summed E-state index contributed by atoms with van der Waals surface area (Å²) in [6.45, 7) is 0. The normalized spacial score (nSPS) is 16.7. The molecule has 2 aliphatic heterocycles. The zero-order chi connectivity index (χ0) is 7.97. The van der Waals surface area contributed by atoms with Gasteiger partial charge in [0.1, 0.15) is 0 Å². The van der Waals surface area contributed by atoms with Crippen molar-refractivity contribution >= 4 is 23.8 Å². The molecule has 1 aromatic rings. The van der Waals surface area contributed by atoms with Crippen molar-refractivity contribution in [1.82, 2.24) is 0 Å². The Morgan fingerprint density at radius 2 is 1.42 bits per heavy atom. The molecule has 0 amide bonds. The second kappa shape index (κ2) is 2.03. The molecule has 0 spiro atoms. The maximum atomic E-state index is 4.28. The van der Waals surface area contributed by atoms with Crippen molar-refractivity contribution in [3.8, 4) is 0 Å². The summed E-state index contributed by atoms with van der Waals surface area (Å²) in [5.74, 6) is 0. The number of rotatable bonds is 0. The number of hydrogen-bond acceptors (Lipinski definition) is 2. The Morgan fingerprint density at radius 1 is 0.833 bits per heavy atom. The van der Waals surface area contributed by atoms with Crippen molar-refractivity contribution in [3.63, 3.8) is 0 Å². The lowest BCUT2D eigenvalue weighted by molar-refractivity contribution is 1.33. The van der Waals surface area contributed by atoms with Crippen LogP contribution in [0.2, 0.25) is 0 Å². The van der Waals surface area contributed by atoms with E-state index in [4.69, 9.17) is 0 Å². The minimum Gasteiger partial charge on any atom is -0.261 e. The van der Waals surface area contributed by atoms with Gasteiger partial charge in [-0.1, -0.05) is 6.07 Å². The molecule has 0 radical (unpaired) electrons. The maximum absolute atomic E-state index is 4.28. The van der Waals surface area contributed by atoms with E-state index in [0.717, 1.165) is 24.2 Å². The van der Waals surface area contributed by atoms with Gasteiger partial charge in [-0.25, -0.2) is 0 Å². The Bertz CT molecular complexity index is 367. The van der Waals surface area contributed by atoms with Gasteiger partial charge in [-0.3, -0.25) is 9.98 Å². The highest BCUT2D eigenvalue weighted by Gasteiger charge is 2.13. The molecule has 0 fully saturated rings. The van der Waals surface area contributed by atoms with E-state index in [1.165, 1.54) is 11.1 Å². The zero-order valence-electron chi connectivity index (χ0n) is 6.62. The predicted molar refractivity (Wildman–Crippen MR) is 50.2 cm³/mol. The highest BCUT2D eigenvalue weighted by molar-refractivity contribution is 5.83. The van der Waals surface area contributed by atoms with E-state index >= 15 is 0 Å². The third-order valence-corrected chi connectivity index (χ3v) is 2.36. The van der Waals surface area contributed by atoms with Crippen molar-refractivity contribution in [1.29, 1.82) is 0 Å². The molecule has 0 N–H and O–H groups in total. The van der Waals surface area contributed by atoms with Crippen LogP contribution in [0.3, 0.4) is 0 Å². The van der Waals surface area contributed by atoms with Crippen molar-refractivity contribution in [2.75, 3.05) is 0 Å². The van der Waals surface area contributed by atoms with Gasteiger partial charge in [0.2, 0.25) is 0 Å². The van der Waals surface area contributed by atoms with Crippen molar-refractivity contribution in [2.45, 2.75) is 12.8 Å². The van der Waals surface area contributed by atoms with E-state index in [1.807, 2.05) is 12.4 Å². The smallest absolute Gasteiger partial charge is 0.0683 e. The van der Waals surface area contributed by atoms with E-state index in [1.54, 1.807) is 0 Å². The van der Waals surface area contributed by atoms with E-state index in [9.17, 15) is 0 Å². The number of benzene rings is 1. The largest absolute Gasteiger partial charge is 0.261 e. The van der Waals surface area contributed by atoms with Gasteiger partial charge in [0.25, 0.3) is 0 Å². The average Bonchev–Trinajstić information content (AvgIpc) is 2.64. The highest BCUT2D eigenvalue weighted by atomic mass is 14.8. The first kappa shape index (κ1) is 6.12. The van der Waals surface area contributed by atoms with E-state index < -0.39 is 0 Å².